The normalized spacial score (nSPS) is 29.2. The molecule has 108 valence electrons. The molecule has 1 aliphatic rings. The highest BCUT2D eigenvalue weighted by molar-refractivity contribution is 4.86. The molecular weight excluding hydrogens is 220 g/mol. The Balaban J connectivity index is 2.58. The Morgan fingerprint density at radius 2 is 2.00 bits per heavy atom. The zero-order valence-electron chi connectivity index (χ0n) is 13.3. The van der Waals surface area contributed by atoms with Gasteiger partial charge in [0.2, 0.25) is 0 Å². The Morgan fingerprint density at radius 3 is 2.61 bits per heavy atom. The summed E-state index contributed by atoms with van der Waals surface area (Å²) in [4.78, 5) is 2.74. The molecule has 0 spiro atoms. The third-order valence-corrected chi connectivity index (χ3v) is 4.74. The molecule has 2 heteroatoms. The second-order valence-electron chi connectivity index (χ2n) is 6.67. The van der Waals surface area contributed by atoms with E-state index in [9.17, 15) is 0 Å². The molecule has 0 bridgehead atoms. The summed E-state index contributed by atoms with van der Waals surface area (Å²) >= 11 is 0. The second kappa shape index (κ2) is 7.49. The van der Waals surface area contributed by atoms with E-state index in [2.05, 4.69) is 44.8 Å². The first kappa shape index (κ1) is 16.0. The molecule has 0 aromatic rings. The zero-order chi connectivity index (χ0) is 13.6. The van der Waals surface area contributed by atoms with Crippen LogP contribution >= 0.6 is 0 Å². The van der Waals surface area contributed by atoms with E-state index < -0.39 is 0 Å². The van der Waals surface area contributed by atoms with Crippen molar-refractivity contribution in [2.45, 2.75) is 66.3 Å². The number of likely N-dealkylation sites (tertiary alicyclic amines) is 1. The van der Waals surface area contributed by atoms with Crippen molar-refractivity contribution in [1.29, 1.82) is 0 Å². The molecule has 3 unspecified atom stereocenters. The zero-order valence-corrected chi connectivity index (χ0v) is 13.3. The molecule has 1 heterocycles. The highest BCUT2D eigenvalue weighted by Crippen LogP contribution is 2.29. The summed E-state index contributed by atoms with van der Waals surface area (Å²) in [5.74, 6) is 0.865. The smallest absolute Gasteiger partial charge is 0.00928 e. The molecule has 0 amide bonds. The van der Waals surface area contributed by atoms with Gasteiger partial charge in [0.05, 0.1) is 0 Å². The summed E-state index contributed by atoms with van der Waals surface area (Å²) in [7, 11) is 0. The third kappa shape index (κ3) is 4.55. The molecule has 3 atom stereocenters. The molecule has 1 N–H and O–H groups in total. The van der Waals surface area contributed by atoms with Gasteiger partial charge in [0, 0.05) is 19.1 Å². The Morgan fingerprint density at radius 1 is 1.28 bits per heavy atom. The number of hydrogen-bond acceptors (Lipinski definition) is 2. The molecule has 0 aromatic heterocycles. The monoisotopic (exact) mass is 254 g/mol. The predicted molar refractivity (Wildman–Crippen MR) is 81.0 cm³/mol. The molecule has 1 aliphatic heterocycles. The summed E-state index contributed by atoms with van der Waals surface area (Å²) in [6.07, 6.45) is 5.42. The Kier molecular flexibility index (Phi) is 6.65. The van der Waals surface area contributed by atoms with Gasteiger partial charge in [0.1, 0.15) is 0 Å². The standard InChI is InChI=1S/C16H34N2/c1-6-10-16(5,12-17-7-2)13-18-11-8-9-14(3)15(18)4/h14-15,17H,6-13H2,1-5H3. The summed E-state index contributed by atoms with van der Waals surface area (Å²) in [6, 6.07) is 0.761. The van der Waals surface area contributed by atoms with Crippen LogP contribution in [0.25, 0.3) is 0 Å². The summed E-state index contributed by atoms with van der Waals surface area (Å²) in [6.45, 7) is 16.6. The number of nitrogens with zero attached hydrogens (tertiary/aromatic N) is 1. The molecule has 1 saturated heterocycles. The van der Waals surface area contributed by atoms with Gasteiger partial charge in [-0.15, -0.1) is 0 Å². The van der Waals surface area contributed by atoms with E-state index in [1.54, 1.807) is 0 Å². The number of rotatable bonds is 7. The van der Waals surface area contributed by atoms with Crippen LogP contribution in [0.2, 0.25) is 0 Å². The molecule has 0 aromatic carbocycles. The van der Waals surface area contributed by atoms with E-state index in [-0.39, 0.29) is 0 Å². The molecule has 0 saturated carbocycles. The Hall–Kier alpha value is -0.0800. The van der Waals surface area contributed by atoms with Gasteiger partial charge >= 0.3 is 0 Å². The predicted octanol–water partition coefficient (Wildman–Crippen LogP) is 3.52. The number of nitrogens with one attached hydrogen (secondary N) is 1. The van der Waals surface area contributed by atoms with Crippen LogP contribution in [-0.4, -0.2) is 37.1 Å². The number of piperidine rings is 1. The minimum atomic E-state index is 0.441. The fraction of sp³-hybridized carbons (Fsp3) is 1.00. The van der Waals surface area contributed by atoms with Crippen molar-refractivity contribution in [1.82, 2.24) is 10.2 Å². The minimum Gasteiger partial charge on any atom is -0.316 e. The maximum Gasteiger partial charge on any atom is 0.00928 e. The molecule has 18 heavy (non-hydrogen) atoms. The molecule has 0 radical (unpaired) electrons. The molecule has 1 fully saturated rings. The first-order valence-electron chi connectivity index (χ1n) is 7.97. The maximum atomic E-state index is 3.56. The Bertz CT molecular complexity index is 229. The molecule has 0 aliphatic carbocycles. The highest BCUT2D eigenvalue weighted by atomic mass is 15.2. The van der Waals surface area contributed by atoms with E-state index in [4.69, 9.17) is 0 Å². The Labute approximate surface area is 115 Å². The average molecular weight is 254 g/mol. The van der Waals surface area contributed by atoms with Crippen LogP contribution in [0.4, 0.5) is 0 Å². The van der Waals surface area contributed by atoms with Gasteiger partial charge in [0.25, 0.3) is 0 Å². The van der Waals surface area contributed by atoms with Gasteiger partial charge in [-0.3, -0.25) is 4.90 Å². The van der Waals surface area contributed by atoms with Crippen molar-refractivity contribution in [3.05, 3.63) is 0 Å². The third-order valence-electron chi connectivity index (χ3n) is 4.74. The lowest BCUT2D eigenvalue weighted by Gasteiger charge is -2.43. The lowest BCUT2D eigenvalue weighted by Crippen LogP contribution is -2.49. The quantitative estimate of drug-likeness (QED) is 0.748. The van der Waals surface area contributed by atoms with Crippen LogP contribution in [0.1, 0.15) is 60.3 Å². The van der Waals surface area contributed by atoms with E-state index >= 15 is 0 Å². The van der Waals surface area contributed by atoms with Gasteiger partial charge < -0.3 is 5.32 Å². The van der Waals surface area contributed by atoms with Gasteiger partial charge in [-0.05, 0) is 50.6 Å². The van der Waals surface area contributed by atoms with Crippen LogP contribution in [0.15, 0.2) is 0 Å². The molecular formula is C16H34N2. The van der Waals surface area contributed by atoms with Gasteiger partial charge in [-0.25, -0.2) is 0 Å². The van der Waals surface area contributed by atoms with Gasteiger partial charge in [-0.1, -0.05) is 34.1 Å². The lowest BCUT2D eigenvalue weighted by atomic mass is 9.82. The summed E-state index contributed by atoms with van der Waals surface area (Å²) < 4.78 is 0. The summed E-state index contributed by atoms with van der Waals surface area (Å²) in [5.41, 5.74) is 0.441. The van der Waals surface area contributed by atoms with Gasteiger partial charge in [-0.2, -0.15) is 0 Å². The molecule has 2 nitrogen and oxygen atoms in total. The van der Waals surface area contributed by atoms with E-state index in [1.807, 2.05) is 0 Å². The maximum absolute atomic E-state index is 3.56. The van der Waals surface area contributed by atoms with Crippen molar-refractivity contribution in [3.8, 4) is 0 Å². The van der Waals surface area contributed by atoms with Crippen LogP contribution in [0.5, 0.6) is 0 Å². The van der Waals surface area contributed by atoms with Gasteiger partial charge in [0.15, 0.2) is 0 Å². The van der Waals surface area contributed by atoms with E-state index in [1.165, 1.54) is 38.8 Å². The van der Waals surface area contributed by atoms with Crippen molar-refractivity contribution in [2.24, 2.45) is 11.3 Å². The van der Waals surface area contributed by atoms with Crippen molar-refractivity contribution in [2.75, 3.05) is 26.2 Å². The highest BCUT2D eigenvalue weighted by Gasteiger charge is 2.31. The first-order valence-corrected chi connectivity index (χ1v) is 7.97. The summed E-state index contributed by atoms with van der Waals surface area (Å²) in [5, 5.41) is 3.56. The topological polar surface area (TPSA) is 15.3 Å². The first-order chi connectivity index (χ1) is 8.52. The number of hydrogen-bond donors (Lipinski definition) is 1. The van der Waals surface area contributed by atoms with E-state index in [0.717, 1.165) is 25.0 Å². The SMILES string of the molecule is CCCC(C)(CNCC)CN1CCCC(C)C1C. The van der Waals surface area contributed by atoms with Crippen LogP contribution in [-0.2, 0) is 0 Å². The van der Waals surface area contributed by atoms with Crippen LogP contribution in [0, 0.1) is 11.3 Å². The molecule has 1 rings (SSSR count). The van der Waals surface area contributed by atoms with Crippen molar-refractivity contribution in [3.63, 3.8) is 0 Å². The average Bonchev–Trinajstić information content (AvgIpc) is 2.33. The van der Waals surface area contributed by atoms with Crippen molar-refractivity contribution >= 4 is 0 Å². The fourth-order valence-corrected chi connectivity index (χ4v) is 3.39. The van der Waals surface area contributed by atoms with Crippen LogP contribution < -0.4 is 5.32 Å². The van der Waals surface area contributed by atoms with Crippen LogP contribution in [0.3, 0.4) is 0 Å². The second-order valence-corrected chi connectivity index (χ2v) is 6.67. The van der Waals surface area contributed by atoms with Crippen molar-refractivity contribution < 1.29 is 0 Å². The lowest BCUT2D eigenvalue weighted by molar-refractivity contribution is 0.0616. The minimum absolute atomic E-state index is 0.441. The largest absolute Gasteiger partial charge is 0.316 e. The van der Waals surface area contributed by atoms with E-state index in [0.29, 0.717) is 5.41 Å². The fourth-order valence-electron chi connectivity index (χ4n) is 3.39.